The van der Waals surface area contributed by atoms with E-state index in [1.807, 2.05) is 0 Å². The minimum atomic E-state index is -3.45. The number of hydrogen-bond donors (Lipinski definition) is 3. The molecule has 0 bridgehead atoms. The van der Waals surface area contributed by atoms with Crippen molar-refractivity contribution in [2.75, 3.05) is 18.5 Å². The van der Waals surface area contributed by atoms with Crippen molar-refractivity contribution < 1.29 is 14.0 Å². The predicted molar refractivity (Wildman–Crippen MR) is 80.5 cm³/mol. The van der Waals surface area contributed by atoms with Crippen molar-refractivity contribution in [1.29, 1.82) is 0 Å². The summed E-state index contributed by atoms with van der Waals surface area (Å²) in [4.78, 5) is 27.4. The Labute approximate surface area is 126 Å². The third-order valence-electron chi connectivity index (χ3n) is 3.03. The van der Waals surface area contributed by atoms with Crippen molar-refractivity contribution >= 4 is 24.7 Å². The molecule has 2 aromatic heterocycles. The Hall–Kier alpha value is -1.77. The third kappa shape index (κ3) is 4.12. The number of aryl methyl sites for hydroxylation is 1. The second kappa shape index (κ2) is 6.99. The molecule has 0 aliphatic rings. The lowest BCUT2D eigenvalue weighted by molar-refractivity contribution is 0.272. The number of H-pyrrole nitrogens is 1. The van der Waals surface area contributed by atoms with E-state index in [1.165, 1.54) is 4.68 Å². The van der Waals surface area contributed by atoms with Crippen molar-refractivity contribution in [3.63, 3.8) is 0 Å². The average Bonchev–Trinajstić information content (AvgIpc) is 2.81. The number of nitrogen functional groups attached to an aromatic ring is 1. The van der Waals surface area contributed by atoms with Crippen molar-refractivity contribution in [3.05, 3.63) is 10.4 Å². The van der Waals surface area contributed by atoms with E-state index in [2.05, 4.69) is 20.3 Å². The van der Waals surface area contributed by atoms with Gasteiger partial charge in [-0.15, -0.1) is 5.10 Å². The second-order valence-electron chi connectivity index (χ2n) is 4.78. The van der Waals surface area contributed by atoms with Gasteiger partial charge in [-0.1, -0.05) is 11.6 Å². The zero-order valence-corrected chi connectivity index (χ0v) is 13.1. The van der Waals surface area contributed by atoms with Crippen molar-refractivity contribution in [2.24, 2.45) is 0 Å². The van der Waals surface area contributed by atoms with E-state index in [1.54, 1.807) is 6.92 Å². The summed E-state index contributed by atoms with van der Waals surface area (Å²) in [6.45, 7) is 2.40. The molecule has 0 fully saturated rings. The molecule has 1 atom stereocenters. The summed E-state index contributed by atoms with van der Waals surface area (Å²) in [5.74, 6) is 0.0129. The first-order valence-electron chi connectivity index (χ1n) is 6.98. The molecule has 2 heterocycles. The van der Waals surface area contributed by atoms with Crippen LogP contribution in [0.2, 0.25) is 0 Å². The molecule has 11 heteroatoms. The van der Waals surface area contributed by atoms with Crippen LogP contribution in [0.4, 0.5) is 5.95 Å². The molecule has 0 aliphatic heterocycles. The van der Waals surface area contributed by atoms with Gasteiger partial charge in [0.25, 0.3) is 5.56 Å². The Balaban J connectivity index is 1.88. The predicted octanol–water partition coefficient (Wildman–Crippen LogP) is 0.489. The van der Waals surface area contributed by atoms with Crippen LogP contribution in [-0.4, -0.2) is 42.6 Å². The summed E-state index contributed by atoms with van der Waals surface area (Å²) in [6, 6.07) is 0. The Morgan fingerprint density at radius 3 is 2.91 bits per heavy atom. The summed E-state index contributed by atoms with van der Waals surface area (Å²) in [5, 5.41) is 7.64. The summed E-state index contributed by atoms with van der Waals surface area (Å²) >= 11 is 0. The minimum Gasteiger partial charge on any atom is -0.369 e. The lowest BCUT2D eigenvalue weighted by Gasteiger charge is -2.10. The first kappa shape index (κ1) is 16.6. The van der Waals surface area contributed by atoms with E-state index in [0.29, 0.717) is 25.0 Å². The van der Waals surface area contributed by atoms with Gasteiger partial charge in [0.2, 0.25) is 5.95 Å². The van der Waals surface area contributed by atoms with Crippen molar-refractivity contribution in [3.8, 4) is 0 Å². The first-order chi connectivity index (χ1) is 10.4. The third-order valence-corrected chi connectivity index (χ3v) is 4.58. The van der Waals surface area contributed by atoms with Crippen LogP contribution in [0.25, 0.3) is 11.2 Å². The zero-order valence-electron chi connectivity index (χ0n) is 12.2. The van der Waals surface area contributed by atoms with E-state index in [4.69, 9.17) is 10.3 Å². The van der Waals surface area contributed by atoms with Gasteiger partial charge in [0, 0.05) is 12.7 Å². The highest BCUT2D eigenvalue weighted by Gasteiger charge is 2.17. The topological polar surface area (TPSA) is 149 Å². The normalized spacial score (nSPS) is 14.3. The zero-order chi connectivity index (χ0) is 16.2. The molecule has 2 aromatic rings. The highest BCUT2D eigenvalue weighted by molar-refractivity contribution is 7.52. The molecular formula is C11H19N6O4P. The molecule has 0 spiro atoms. The van der Waals surface area contributed by atoms with Gasteiger partial charge in [-0.25, -0.2) is 4.68 Å². The maximum Gasteiger partial charge on any atom is 0.328 e. The van der Waals surface area contributed by atoms with E-state index < -0.39 is 13.2 Å². The number of hydrogen-bond acceptors (Lipinski definition) is 7. The van der Waals surface area contributed by atoms with Crippen LogP contribution in [0.5, 0.6) is 0 Å². The monoisotopic (exact) mass is 330 g/mol. The number of aromatic amines is 1. The fourth-order valence-electron chi connectivity index (χ4n) is 2.05. The van der Waals surface area contributed by atoms with Crippen LogP contribution in [0, 0.1) is 0 Å². The standard InChI is InChI=1S/C11H19N6O4P/c1-2-21-22(19,20)7-5-3-4-6-17-9-8(15-16-17)10(18)14-11(12)13-9/h2-7H2,1H3,(H,19,20)(H3,12,13,14,18). The molecule has 22 heavy (non-hydrogen) atoms. The van der Waals surface area contributed by atoms with E-state index >= 15 is 0 Å². The van der Waals surface area contributed by atoms with Gasteiger partial charge >= 0.3 is 7.60 Å². The smallest absolute Gasteiger partial charge is 0.328 e. The highest BCUT2D eigenvalue weighted by atomic mass is 31.2. The molecular weight excluding hydrogens is 311 g/mol. The Bertz CT molecular complexity index is 742. The van der Waals surface area contributed by atoms with Gasteiger partial charge in [0.05, 0.1) is 6.61 Å². The van der Waals surface area contributed by atoms with Crippen LogP contribution < -0.4 is 11.3 Å². The molecule has 10 nitrogen and oxygen atoms in total. The second-order valence-corrected chi connectivity index (χ2v) is 6.76. The van der Waals surface area contributed by atoms with E-state index in [9.17, 15) is 14.3 Å². The molecule has 2 rings (SSSR count). The van der Waals surface area contributed by atoms with Crippen LogP contribution in [0.3, 0.4) is 0 Å². The lowest BCUT2D eigenvalue weighted by atomic mass is 10.2. The first-order valence-corrected chi connectivity index (χ1v) is 8.74. The summed E-state index contributed by atoms with van der Waals surface area (Å²) < 4.78 is 17.8. The van der Waals surface area contributed by atoms with Gasteiger partial charge in [-0.2, -0.15) is 4.98 Å². The molecule has 0 aromatic carbocycles. The molecule has 1 unspecified atom stereocenters. The molecule has 0 aliphatic carbocycles. The van der Waals surface area contributed by atoms with E-state index in [-0.39, 0.29) is 24.2 Å². The van der Waals surface area contributed by atoms with Crippen LogP contribution in [0.1, 0.15) is 26.2 Å². The van der Waals surface area contributed by atoms with Crippen LogP contribution in [-0.2, 0) is 15.6 Å². The van der Waals surface area contributed by atoms with Gasteiger partial charge < -0.3 is 15.2 Å². The Morgan fingerprint density at radius 2 is 2.18 bits per heavy atom. The number of aromatic nitrogens is 5. The molecule has 0 amide bonds. The van der Waals surface area contributed by atoms with Crippen LogP contribution in [0.15, 0.2) is 4.79 Å². The number of anilines is 1. The maximum absolute atomic E-state index is 11.6. The van der Waals surface area contributed by atoms with Crippen molar-refractivity contribution in [2.45, 2.75) is 32.7 Å². The molecule has 0 radical (unpaired) electrons. The number of fused-ring (bicyclic) bond motifs is 1. The lowest BCUT2D eigenvalue weighted by Crippen LogP contribution is -2.12. The number of rotatable bonds is 8. The molecule has 0 saturated carbocycles. The van der Waals surface area contributed by atoms with Gasteiger partial charge in [0.1, 0.15) is 0 Å². The van der Waals surface area contributed by atoms with Crippen LogP contribution >= 0.6 is 7.60 Å². The summed E-state index contributed by atoms with van der Waals surface area (Å²) in [5.41, 5.74) is 5.55. The quantitative estimate of drug-likeness (QED) is 0.467. The Kier molecular flexibility index (Phi) is 5.28. The fourth-order valence-corrected chi connectivity index (χ4v) is 3.21. The maximum atomic E-state index is 11.6. The summed E-state index contributed by atoms with van der Waals surface area (Å²) in [7, 11) is -3.45. The molecule has 0 saturated heterocycles. The van der Waals surface area contributed by atoms with E-state index in [0.717, 1.165) is 6.42 Å². The van der Waals surface area contributed by atoms with Gasteiger partial charge in [-0.3, -0.25) is 14.3 Å². The SMILES string of the molecule is CCOP(=O)(O)CCCCCn1nnc2c(=O)[nH]c(N)nc21. The van der Waals surface area contributed by atoms with Gasteiger partial charge in [-0.05, 0) is 19.8 Å². The summed E-state index contributed by atoms with van der Waals surface area (Å²) in [6.07, 6.45) is 2.12. The molecule has 122 valence electrons. The number of nitrogens with zero attached hydrogens (tertiary/aromatic N) is 4. The Morgan fingerprint density at radius 1 is 1.41 bits per heavy atom. The average molecular weight is 330 g/mol. The van der Waals surface area contributed by atoms with Crippen molar-refractivity contribution in [1.82, 2.24) is 25.0 Å². The highest BCUT2D eigenvalue weighted by Crippen LogP contribution is 2.42. The fraction of sp³-hybridized carbons (Fsp3) is 0.636. The largest absolute Gasteiger partial charge is 0.369 e. The minimum absolute atomic E-state index is 0.0129. The number of unbranched alkanes of at least 4 members (excludes halogenated alkanes) is 2. The molecule has 4 N–H and O–H groups in total. The number of nitrogens with two attached hydrogens (primary N) is 1. The van der Waals surface area contributed by atoms with Gasteiger partial charge in [0.15, 0.2) is 11.2 Å². The number of nitrogens with one attached hydrogen (secondary N) is 1.